The maximum Gasteiger partial charge on any atom is 0.130 e. The minimum absolute atomic E-state index is 0.147. The lowest BCUT2D eigenvalue weighted by Gasteiger charge is -2.06. The van der Waals surface area contributed by atoms with Crippen LogP contribution in [0.1, 0.15) is 37.3 Å². The Morgan fingerprint density at radius 2 is 2.14 bits per heavy atom. The van der Waals surface area contributed by atoms with Crippen molar-refractivity contribution in [1.82, 2.24) is 0 Å². The molecule has 0 heterocycles. The Bertz CT molecular complexity index is 326. The summed E-state index contributed by atoms with van der Waals surface area (Å²) in [5.41, 5.74) is 2.53. The average molecular weight is 192 g/mol. The summed E-state index contributed by atoms with van der Waals surface area (Å²) in [6, 6.07) is 5.31. The third-order valence-corrected chi connectivity index (χ3v) is 2.34. The molecule has 76 valence electrons. The molecule has 0 saturated carbocycles. The Morgan fingerprint density at radius 1 is 1.43 bits per heavy atom. The van der Waals surface area contributed by atoms with Crippen LogP contribution >= 0.6 is 0 Å². The van der Waals surface area contributed by atoms with Crippen LogP contribution < -0.4 is 0 Å². The lowest BCUT2D eigenvalue weighted by Crippen LogP contribution is -1.90. The smallest absolute Gasteiger partial charge is 0.130 e. The molecule has 0 fully saturated rings. The van der Waals surface area contributed by atoms with E-state index in [9.17, 15) is 4.39 Å². The van der Waals surface area contributed by atoms with E-state index in [0.717, 1.165) is 30.4 Å². The fourth-order valence-electron chi connectivity index (χ4n) is 1.43. The number of hydrogen-bond acceptors (Lipinski definition) is 0. The molecule has 1 aromatic carbocycles. The minimum Gasteiger partial charge on any atom is -0.206 e. The van der Waals surface area contributed by atoms with E-state index in [0.29, 0.717) is 5.56 Å². The monoisotopic (exact) mass is 192 g/mol. The molecule has 0 aliphatic carbocycles. The standard InChI is InChI=1S/C13H17F/c1-4-5-6-11(3)12-8-7-10(2)9-13(12)14/h7-9H,3-6H2,1-2H3. The van der Waals surface area contributed by atoms with Gasteiger partial charge in [-0.2, -0.15) is 0 Å². The molecule has 0 nitrogen and oxygen atoms in total. The van der Waals surface area contributed by atoms with Gasteiger partial charge in [-0.05, 0) is 37.0 Å². The molecule has 0 atom stereocenters. The first-order chi connectivity index (χ1) is 6.65. The average Bonchev–Trinajstić information content (AvgIpc) is 2.14. The normalized spacial score (nSPS) is 10.2. The Labute approximate surface area is 85.5 Å². The third-order valence-electron chi connectivity index (χ3n) is 2.34. The van der Waals surface area contributed by atoms with Crippen molar-refractivity contribution in [2.24, 2.45) is 0 Å². The van der Waals surface area contributed by atoms with Gasteiger partial charge in [0, 0.05) is 5.56 Å². The summed E-state index contributed by atoms with van der Waals surface area (Å²) < 4.78 is 13.5. The van der Waals surface area contributed by atoms with Gasteiger partial charge in [0.05, 0.1) is 0 Å². The van der Waals surface area contributed by atoms with E-state index in [2.05, 4.69) is 13.5 Å². The fraction of sp³-hybridized carbons (Fsp3) is 0.385. The van der Waals surface area contributed by atoms with Crippen LogP contribution in [-0.4, -0.2) is 0 Å². The Kier molecular flexibility index (Phi) is 3.87. The number of halogens is 1. The second-order valence-corrected chi connectivity index (χ2v) is 3.69. The van der Waals surface area contributed by atoms with Crippen LogP contribution in [0.15, 0.2) is 24.8 Å². The molecule has 0 amide bonds. The molecule has 0 aliphatic heterocycles. The van der Waals surface area contributed by atoms with Crippen LogP contribution in [0.3, 0.4) is 0 Å². The van der Waals surface area contributed by atoms with Crippen LogP contribution in [0.25, 0.3) is 5.57 Å². The summed E-state index contributed by atoms with van der Waals surface area (Å²) >= 11 is 0. The lowest BCUT2D eigenvalue weighted by atomic mass is 10.0. The van der Waals surface area contributed by atoms with Gasteiger partial charge in [0.1, 0.15) is 5.82 Å². The van der Waals surface area contributed by atoms with Crippen LogP contribution in [0.2, 0.25) is 0 Å². The van der Waals surface area contributed by atoms with E-state index in [-0.39, 0.29) is 5.82 Å². The maximum absolute atomic E-state index is 13.5. The highest BCUT2D eigenvalue weighted by molar-refractivity contribution is 5.63. The zero-order valence-corrected chi connectivity index (χ0v) is 8.94. The number of hydrogen-bond donors (Lipinski definition) is 0. The van der Waals surface area contributed by atoms with Crippen molar-refractivity contribution >= 4 is 5.57 Å². The molecule has 0 saturated heterocycles. The van der Waals surface area contributed by atoms with Crippen molar-refractivity contribution in [3.05, 3.63) is 41.7 Å². The van der Waals surface area contributed by atoms with Gasteiger partial charge in [-0.15, -0.1) is 0 Å². The van der Waals surface area contributed by atoms with Gasteiger partial charge in [-0.3, -0.25) is 0 Å². The third kappa shape index (κ3) is 2.69. The molecule has 0 aliphatic rings. The predicted octanol–water partition coefficient (Wildman–Crippen LogP) is 4.34. The van der Waals surface area contributed by atoms with E-state index in [1.54, 1.807) is 6.07 Å². The fourth-order valence-corrected chi connectivity index (χ4v) is 1.43. The first kappa shape index (κ1) is 11.0. The highest BCUT2D eigenvalue weighted by atomic mass is 19.1. The van der Waals surface area contributed by atoms with Gasteiger partial charge < -0.3 is 0 Å². The highest BCUT2D eigenvalue weighted by Gasteiger charge is 2.05. The van der Waals surface area contributed by atoms with Crippen molar-refractivity contribution in [3.63, 3.8) is 0 Å². The van der Waals surface area contributed by atoms with Crippen molar-refractivity contribution in [2.45, 2.75) is 33.1 Å². The van der Waals surface area contributed by atoms with Crippen LogP contribution in [0.5, 0.6) is 0 Å². The van der Waals surface area contributed by atoms with Crippen LogP contribution in [0, 0.1) is 12.7 Å². The molecule has 0 bridgehead atoms. The second-order valence-electron chi connectivity index (χ2n) is 3.69. The van der Waals surface area contributed by atoms with Crippen molar-refractivity contribution in [2.75, 3.05) is 0 Å². The van der Waals surface area contributed by atoms with Crippen molar-refractivity contribution < 1.29 is 4.39 Å². The molecule has 0 N–H and O–H groups in total. The Hall–Kier alpha value is -1.11. The van der Waals surface area contributed by atoms with Gasteiger partial charge in [0.2, 0.25) is 0 Å². The number of allylic oxidation sites excluding steroid dienone is 1. The summed E-state index contributed by atoms with van der Waals surface area (Å²) in [6.45, 7) is 7.93. The number of benzene rings is 1. The van der Waals surface area contributed by atoms with Crippen LogP contribution in [0.4, 0.5) is 4.39 Å². The number of aryl methyl sites for hydroxylation is 1. The molecule has 0 spiro atoms. The van der Waals surface area contributed by atoms with E-state index >= 15 is 0 Å². The molecule has 0 aromatic heterocycles. The van der Waals surface area contributed by atoms with Crippen molar-refractivity contribution in [3.8, 4) is 0 Å². The predicted molar refractivity (Wildman–Crippen MR) is 59.7 cm³/mol. The number of unbranched alkanes of at least 4 members (excludes halogenated alkanes) is 1. The van der Waals surface area contributed by atoms with Crippen LogP contribution in [-0.2, 0) is 0 Å². The highest BCUT2D eigenvalue weighted by Crippen LogP contribution is 2.22. The van der Waals surface area contributed by atoms with Gasteiger partial charge >= 0.3 is 0 Å². The maximum atomic E-state index is 13.5. The molecule has 1 rings (SSSR count). The molecule has 14 heavy (non-hydrogen) atoms. The SMILES string of the molecule is C=C(CCCC)c1ccc(C)cc1F. The summed E-state index contributed by atoms with van der Waals surface area (Å²) in [7, 11) is 0. The van der Waals surface area contributed by atoms with Gasteiger partial charge in [-0.1, -0.05) is 32.1 Å². The molecule has 0 radical (unpaired) electrons. The molecule has 0 unspecified atom stereocenters. The zero-order valence-electron chi connectivity index (χ0n) is 8.94. The van der Waals surface area contributed by atoms with Gasteiger partial charge in [-0.25, -0.2) is 4.39 Å². The summed E-state index contributed by atoms with van der Waals surface area (Å²) in [5.74, 6) is -0.147. The molecule has 1 heteroatoms. The van der Waals surface area contributed by atoms with Gasteiger partial charge in [0.25, 0.3) is 0 Å². The quantitative estimate of drug-likeness (QED) is 0.665. The first-order valence-electron chi connectivity index (χ1n) is 5.09. The molecular formula is C13H17F. The Balaban J connectivity index is 2.80. The molecular weight excluding hydrogens is 175 g/mol. The molecule has 1 aromatic rings. The first-order valence-corrected chi connectivity index (χ1v) is 5.09. The van der Waals surface area contributed by atoms with E-state index in [1.807, 2.05) is 19.1 Å². The van der Waals surface area contributed by atoms with E-state index in [1.165, 1.54) is 0 Å². The topological polar surface area (TPSA) is 0 Å². The summed E-state index contributed by atoms with van der Waals surface area (Å²) in [5, 5.41) is 0. The number of rotatable bonds is 4. The zero-order chi connectivity index (χ0) is 10.6. The van der Waals surface area contributed by atoms with E-state index < -0.39 is 0 Å². The summed E-state index contributed by atoms with van der Waals surface area (Å²) in [4.78, 5) is 0. The Morgan fingerprint density at radius 3 is 2.71 bits per heavy atom. The lowest BCUT2D eigenvalue weighted by molar-refractivity contribution is 0.621. The largest absolute Gasteiger partial charge is 0.206 e. The van der Waals surface area contributed by atoms with E-state index in [4.69, 9.17) is 0 Å². The van der Waals surface area contributed by atoms with Crippen molar-refractivity contribution in [1.29, 1.82) is 0 Å². The summed E-state index contributed by atoms with van der Waals surface area (Å²) in [6.07, 6.45) is 3.08. The minimum atomic E-state index is -0.147. The van der Waals surface area contributed by atoms with Gasteiger partial charge in [0.15, 0.2) is 0 Å². The second kappa shape index (κ2) is 4.94.